The number of hydrogen-bond donors (Lipinski definition) is 1. The minimum Gasteiger partial charge on any atom is -0.374 e. The zero-order valence-corrected chi connectivity index (χ0v) is 12.7. The minimum absolute atomic E-state index is 0.00509. The third-order valence-electron chi connectivity index (χ3n) is 3.37. The van der Waals surface area contributed by atoms with Gasteiger partial charge in [-0.1, -0.05) is 34.5 Å². The smallest absolute Gasteiger partial charge is 0.0894 e. The third kappa shape index (κ3) is 2.89. The van der Waals surface area contributed by atoms with Crippen LogP contribution >= 0.6 is 27.5 Å². The molecule has 0 radical (unpaired) electrons. The molecule has 100 valence electrons. The largest absolute Gasteiger partial charge is 0.374 e. The summed E-state index contributed by atoms with van der Waals surface area (Å²) in [7, 11) is 0. The van der Waals surface area contributed by atoms with Gasteiger partial charge in [0.2, 0.25) is 0 Å². The lowest BCUT2D eigenvalue weighted by molar-refractivity contribution is -0.0658. The third-order valence-corrected chi connectivity index (χ3v) is 4.21. The number of morpholine rings is 1. The molecule has 2 N–H and O–H groups in total. The van der Waals surface area contributed by atoms with Gasteiger partial charge in [0.05, 0.1) is 18.8 Å². The first-order valence-corrected chi connectivity index (χ1v) is 7.35. The van der Waals surface area contributed by atoms with Crippen molar-refractivity contribution in [2.45, 2.75) is 19.1 Å². The van der Waals surface area contributed by atoms with E-state index in [1.54, 1.807) is 0 Å². The van der Waals surface area contributed by atoms with Crippen LogP contribution in [0.25, 0.3) is 0 Å². The molecule has 5 heteroatoms. The van der Waals surface area contributed by atoms with E-state index < -0.39 is 0 Å². The number of halogens is 2. The minimum atomic E-state index is 0.00509. The molecular formula is C13H18BrClN2O. The Kier molecular flexibility index (Phi) is 5.04. The summed E-state index contributed by atoms with van der Waals surface area (Å²) < 4.78 is 6.81. The van der Waals surface area contributed by atoms with Crippen molar-refractivity contribution in [2.75, 3.05) is 26.2 Å². The zero-order valence-electron chi connectivity index (χ0n) is 10.4. The van der Waals surface area contributed by atoms with E-state index in [4.69, 9.17) is 22.1 Å². The maximum Gasteiger partial charge on any atom is 0.0894 e. The zero-order chi connectivity index (χ0) is 13.1. The van der Waals surface area contributed by atoms with E-state index in [-0.39, 0.29) is 12.1 Å². The second-order valence-electron chi connectivity index (χ2n) is 4.38. The van der Waals surface area contributed by atoms with Crippen molar-refractivity contribution in [1.29, 1.82) is 0 Å². The molecule has 0 aliphatic carbocycles. The van der Waals surface area contributed by atoms with Crippen LogP contribution in [0.1, 0.15) is 18.5 Å². The molecule has 0 bridgehead atoms. The molecule has 1 aromatic carbocycles. The molecule has 1 aliphatic rings. The monoisotopic (exact) mass is 332 g/mol. The van der Waals surface area contributed by atoms with E-state index in [1.807, 2.05) is 12.1 Å². The number of ether oxygens (including phenoxy) is 1. The molecule has 1 saturated heterocycles. The Morgan fingerprint density at radius 2 is 2.33 bits per heavy atom. The molecule has 0 saturated carbocycles. The quantitative estimate of drug-likeness (QED) is 0.924. The number of rotatable bonds is 3. The summed E-state index contributed by atoms with van der Waals surface area (Å²) in [6.45, 7) is 5.27. The van der Waals surface area contributed by atoms with E-state index >= 15 is 0 Å². The normalized spacial score (nSPS) is 25.3. The molecule has 1 aliphatic heterocycles. The Bertz CT molecular complexity index is 404. The van der Waals surface area contributed by atoms with Gasteiger partial charge in [-0.25, -0.2) is 0 Å². The van der Waals surface area contributed by atoms with E-state index in [2.05, 4.69) is 33.8 Å². The van der Waals surface area contributed by atoms with Crippen molar-refractivity contribution >= 4 is 27.5 Å². The van der Waals surface area contributed by atoms with Gasteiger partial charge in [0.25, 0.3) is 0 Å². The fourth-order valence-electron chi connectivity index (χ4n) is 2.48. The standard InChI is InChI=1S/C13H18BrClN2O/c1-2-17-5-6-18-12(8-16)13(17)10-7-9(14)3-4-11(10)15/h3-4,7,12-13H,2,5-6,8,16H2,1H3. The Labute approximate surface area is 121 Å². The lowest BCUT2D eigenvalue weighted by Gasteiger charge is -2.41. The van der Waals surface area contributed by atoms with Gasteiger partial charge in [-0.15, -0.1) is 0 Å². The second kappa shape index (κ2) is 6.35. The van der Waals surface area contributed by atoms with Crippen LogP contribution in [0.15, 0.2) is 22.7 Å². The molecule has 2 atom stereocenters. The first-order chi connectivity index (χ1) is 8.67. The summed E-state index contributed by atoms with van der Waals surface area (Å²) >= 11 is 9.83. The van der Waals surface area contributed by atoms with Crippen molar-refractivity contribution in [3.63, 3.8) is 0 Å². The van der Waals surface area contributed by atoms with Gasteiger partial charge in [0.15, 0.2) is 0 Å². The Morgan fingerprint density at radius 1 is 1.56 bits per heavy atom. The Hall–Kier alpha value is -0.130. The van der Waals surface area contributed by atoms with Crippen LogP contribution in [0, 0.1) is 0 Å². The van der Waals surface area contributed by atoms with E-state index in [1.165, 1.54) is 0 Å². The van der Waals surface area contributed by atoms with Crippen molar-refractivity contribution in [2.24, 2.45) is 5.73 Å². The molecule has 0 spiro atoms. The highest BCUT2D eigenvalue weighted by molar-refractivity contribution is 9.10. The molecule has 0 amide bonds. The van der Waals surface area contributed by atoms with E-state index in [0.29, 0.717) is 6.54 Å². The van der Waals surface area contributed by atoms with Gasteiger partial charge in [-0.05, 0) is 30.3 Å². The molecule has 2 unspecified atom stereocenters. The highest BCUT2D eigenvalue weighted by Gasteiger charge is 2.33. The lowest BCUT2D eigenvalue weighted by Crippen LogP contribution is -2.48. The molecular weight excluding hydrogens is 316 g/mol. The average molecular weight is 334 g/mol. The summed E-state index contributed by atoms with van der Waals surface area (Å²) in [4.78, 5) is 2.37. The van der Waals surface area contributed by atoms with Crippen molar-refractivity contribution in [3.8, 4) is 0 Å². The van der Waals surface area contributed by atoms with E-state index in [9.17, 15) is 0 Å². The SMILES string of the molecule is CCN1CCOC(CN)C1c1cc(Br)ccc1Cl. The predicted molar refractivity (Wildman–Crippen MR) is 77.9 cm³/mol. The van der Waals surface area contributed by atoms with E-state index in [0.717, 1.165) is 34.8 Å². The number of hydrogen-bond acceptors (Lipinski definition) is 3. The topological polar surface area (TPSA) is 38.5 Å². The molecule has 1 aromatic rings. The maximum absolute atomic E-state index is 6.33. The van der Waals surface area contributed by atoms with Gasteiger partial charge >= 0.3 is 0 Å². The highest BCUT2D eigenvalue weighted by Crippen LogP contribution is 2.35. The van der Waals surface area contributed by atoms with Gasteiger partial charge < -0.3 is 10.5 Å². The van der Waals surface area contributed by atoms with Gasteiger partial charge in [-0.3, -0.25) is 4.90 Å². The van der Waals surface area contributed by atoms with Crippen LogP contribution < -0.4 is 5.73 Å². The average Bonchev–Trinajstić information content (AvgIpc) is 2.40. The van der Waals surface area contributed by atoms with Crippen LogP contribution in [0.4, 0.5) is 0 Å². The van der Waals surface area contributed by atoms with Crippen LogP contribution in [-0.2, 0) is 4.74 Å². The first kappa shape index (κ1) is 14.3. The highest BCUT2D eigenvalue weighted by atomic mass is 79.9. The molecule has 1 heterocycles. The summed E-state index contributed by atoms with van der Waals surface area (Å²) in [5.74, 6) is 0. The molecule has 2 rings (SSSR count). The first-order valence-electron chi connectivity index (χ1n) is 6.18. The van der Waals surface area contributed by atoms with Crippen LogP contribution in [0.3, 0.4) is 0 Å². The van der Waals surface area contributed by atoms with Crippen molar-refractivity contribution < 1.29 is 4.74 Å². The van der Waals surface area contributed by atoms with Gasteiger partial charge in [-0.2, -0.15) is 0 Å². The Morgan fingerprint density at radius 3 is 3.00 bits per heavy atom. The predicted octanol–water partition coefficient (Wildman–Crippen LogP) is 2.82. The number of nitrogens with two attached hydrogens (primary N) is 1. The van der Waals surface area contributed by atoms with Gasteiger partial charge in [0, 0.05) is 22.6 Å². The molecule has 0 aromatic heterocycles. The Balaban J connectivity index is 2.38. The fourth-order valence-corrected chi connectivity index (χ4v) is 3.08. The van der Waals surface area contributed by atoms with Crippen molar-refractivity contribution in [3.05, 3.63) is 33.3 Å². The summed E-state index contributed by atoms with van der Waals surface area (Å²) in [5, 5.41) is 0.769. The number of nitrogens with zero attached hydrogens (tertiary/aromatic N) is 1. The van der Waals surface area contributed by atoms with Crippen LogP contribution in [-0.4, -0.2) is 37.2 Å². The lowest BCUT2D eigenvalue weighted by atomic mass is 9.98. The maximum atomic E-state index is 6.33. The van der Waals surface area contributed by atoms with Gasteiger partial charge in [0.1, 0.15) is 0 Å². The summed E-state index contributed by atoms with van der Waals surface area (Å²) in [5.41, 5.74) is 6.92. The molecule has 3 nitrogen and oxygen atoms in total. The summed E-state index contributed by atoms with van der Waals surface area (Å²) in [6, 6.07) is 6.06. The summed E-state index contributed by atoms with van der Waals surface area (Å²) in [6.07, 6.45) is 0.00509. The molecule has 18 heavy (non-hydrogen) atoms. The van der Waals surface area contributed by atoms with Crippen molar-refractivity contribution in [1.82, 2.24) is 4.90 Å². The van der Waals surface area contributed by atoms with Crippen LogP contribution in [0.5, 0.6) is 0 Å². The number of benzene rings is 1. The fraction of sp³-hybridized carbons (Fsp3) is 0.538. The second-order valence-corrected chi connectivity index (χ2v) is 5.71. The van der Waals surface area contributed by atoms with Crippen LogP contribution in [0.2, 0.25) is 5.02 Å². The number of likely N-dealkylation sites (N-methyl/N-ethyl adjacent to an activating group) is 1. The molecule has 1 fully saturated rings.